The Labute approximate surface area is 168 Å². The van der Waals surface area contributed by atoms with Gasteiger partial charge in [0.25, 0.3) is 0 Å². The Kier molecular flexibility index (Phi) is 5.33. The molecule has 146 valence electrons. The molecule has 1 amide bonds. The number of nitrogens with zero attached hydrogens (tertiary/aromatic N) is 4. The lowest BCUT2D eigenvalue weighted by molar-refractivity contribution is -0.118. The molecule has 0 saturated carbocycles. The largest absolute Gasteiger partial charge is 0.299 e. The number of aromatic nitrogens is 3. The number of hydrogen-bond acceptors (Lipinski definition) is 3. The van der Waals surface area contributed by atoms with Crippen LogP contribution in [0.15, 0.2) is 73.2 Å². The highest BCUT2D eigenvalue weighted by molar-refractivity contribution is 6.01. The van der Waals surface area contributed by atoms with Gasteiger partial charge in [0.05, 0.1) is 6.20 Å². The molecule has 4 rings (SSSR count). The van der Waals surface area contributed by atoms with Gasteiger partial charge in [-0.2, -0.15) is 5.10 Å². The summed E-state index contributed by atoms with van der Waals surface area (Å²) in [4.78, 5) is 18.7. The third-order valence-corrected chi connectivity index (χ3v) is 4.93. The summed E-state index contributed by atoms with van der Waals surface area (Å²) in [5.41, 5.74) is 1.84. The van der Waals surface area contributed by atoms with Gasteiger partial charge in [0.1, 0.15) is 11.6 Å². The van der Waals surface area contributed by atoms with Gasteiger partial charge in [0, 0.05) is 43.4 Å². The minimum atomic E-state index is -0.260. The monoisotopic (exact) mass is 388 g/mol. The Morgan fingerprint density at radius 2 is 1.86 bits per heavy atom. The summed E-state index contributed by atoms with van der Waals surface area (Å²) in [6.45, 7) is 0.629. The summed E-state index contributed by atoms with van der Waals surface area (Å²) in [6.07, 6.45) is 6.45. The van der Waals surface area contributed by atoms with Gasteiger partial charge in [-0.05, 0) is 35.6 Å². The van der Waals surface area contributed by atoms with E-state index in [1.54, 1.807) is 36.5 Å². The fraction of sp³-hybridized carbons (Fsp3) is 0.174. The Morgan fingerprint density at radius 3 is 2.69 bits per heavy atom. The van der Waals surface area contributed by atoms with Gasteiger partial charge in [0.2, 0.25) is 5.91 Å². The van der Waals surface area contributed by atoms with Crippen LogP contribution < -0.4 is 4.90 Å². The van der Waals surface area contributed by atoms with Crippen LogP contribution in [0.3, 0.4) is 0 Å². The number of carbonyl (C=O) groups is 1. The number of fused-ring (bicyclic) bond motifs is 1. The summed E-state index contributed by atoms with van der Waals surface area (Å²) in [5, 5.41) is 6.36. The first-order valence-corrected chi connectivity index (χ1v) is 9.50. The maximum atomic E-state index is 13.1. The standard InChI is InChI=1S/C23H21FN4O/c1-27(23-21-6-3-2-5-18(21)12-13-25-23)22(29)7-4-14-28-16-19(15-26-28)17-8-10-20(24)11-9-17/h2-3,5-6,8-13,15-16H,4,7,14H2,1H3. The lowest BCUT2D eigenvalue weighted by Gasteiger charge is -2.18. The lowest BCUT2D eigenvalue weighted by atomic mass is 10.1. The van der Waals surface area contributed by atoms with Crippen molar-refractivity contribution in [3.05, 3.63) is 79.0 Å². The molecule has 0 fully saturated rings. The van der Waals surface area contributed by atoms with Crippen molar-refractivity contribution in [1.82, 2.24) is 14.8 Å². The molecule has 0 bridgehead atoms. The zero-order chi connectivity index (χ0) is 20.2. The molecule has 0 aliphatic heterocycles. The molecular formula is C23H21FN4O. The van der Waals surface area contributed by atoms with Crippen molar-refractivity contribution in [2.24, 2.45) is 0 Å². The van der Waals surface area contributed by atoms with Gasteiger partial charge < -0.3 is 0 Å². The van der Waals surface area contributed by atoms with E-state index >= 15 is 0 Å². The summed E-state index contributed by atoms with van der Waals surface area (Å²) < 4.78 is 14.9. The summed E-state index contributed by atoms with van der Waals surface area (Å²) in [6, 6.07) is 16.2. The van der Waals surface area contributed by atoms with E-state index in [9.17, 15) is 9.18 Å². The van der Waals surface area contributed by atoms with Gasteiger partial charge >= 0.3 is 0 Å². The zero-order valence-electron chi connectivity index (χ0n) is 16.1. The van der Waals surface area contributed by atoms with Crippen LogP contribution in [0.2, 0.25) is 0 Å². The number of anilines is 1. The number of aryl methyl sites for hydroxylation is 1. The predicted molar refractivity (Wildman–Crippen MR) is 112 cm³/mol. The van der Waals surface area contributed by atoms with Crippen molar-refractivity contribution in [1.29, 1.82) is 0 Å². The summed E-state index contributed by atoms with van der Waals surface area (Å²) in [7, 11) is 1.76. The predicted octanol–water partition coefficient (Wildman–Crippen LogP) is 4.68. The van der Waals surface area contributed by atoms with Crippen LogP contribution in [-0.2, 0) is 11.3 Å². The molecule has 0 atom stereocenters. The molecule has 5 nitrogen and oxygen atoms in total. The van der Waals surface area contributed by atoms with Crippen LogP contribution in [0.1, 0.15) is 12.8 Å². The van der Waals surface area contributed by atoms with Crippen molar-refractivity contribution in [3.8, 4) is 11.1 Å². The molecular weight excluding hydrogens is 367 g/mol. The van der Waals surface area contributed by atoms with Crippen molar-refractivity contribution in [2.75, 3.05) is 11.9 Å². The Morgan fingerprint density at radius 1 is 1.07 bits per heavy atom. The quantitative estimate of drug-likeness (QED) is 0.482. The first-order valence-electron chi connectivity index (χ1n) is 9.50. The maximum Gasteiger partial charge on any atom is 0.227 e. The number of amides is 1. The van der Waals surface area contributed by atoms with Crippen LogP contribution in [0, 0.1) is 5.82 Å². The molecule has 2 aromatic carbocycles. The van der Waals surface area contributed by atoms with Crippen molar-refractivity contribution < 1.29 is 9.18 Å². The van der Waals surface area contributed by atoms with Gasteiger partial charge in [-0.25, -0.2) is 9.37 Å². The molecule has 0 saturated heterocycles. The van der Waals surface area contributed by atoms with E-state index in [1.807, 2.05) is 41.2 Å². The number of hydrogen-bond donors (Lipinski definition) is 0. The number of pyridine rings is 1. The Bertz CT molecular complexity index is 1130. The van der Waals surface area contributed by atoms with E-state index in [0.29, 0.717) is 25.2 Å². The maximum absolute atomic E-state index is 13.1. The number of benzene rings is 2. The smallest absolute Gasteiger partial charge is 0.227 e. The molecule has 29 heavy (non-hydrogen) atoms. The fourth-order valence-corrected chi connectivity index (χ4v) is 3.33. The average molecular weight is 388 g/mol. The number of rotatable bonds is 6. The molecule has 0 aliphatic carbocycles. The second-order valence-corrected chi connectivity index (χ2v) is 6.91. The van der Waals surface area contributed by atoms with Crippen molar-refractivity contribution in [2.45, 2.75) is 19.4 Å². The van der Waals surface area contributed by atoms with E-state index in [2.05, 4.69) is 10.1 Å². The van der Waals surface area contributed by atoms with E-state index in [-0.39, 0.29) is 11.7 Å². The third kappa shape index (κ3) is 4.16. The second kappa shape index (κ2) is 8.22. The van der Waals surface area contributed by atoms with E-state index in [1.165, 1.54) is 12.1 Å². The lowest BCUT2D eigenvalue weighted by Crippen LogP contribution is -2.27. The first-order chi connectivity index (χ1) is 14.1. The van der Waals surface area contributed by atoms with Crippen molar-refractivity contribution >= 4 is 22.5 Å². The first kappa shape index (κ1) is 18.8. The molecule has 0 unspecified atom stereocenters. The molecule has 2 aromatic heterocycles. The van der Waals surface area contributed by atoms with Gasteiger partial charge in [-0.1, -0.05) is 36.4 Å². The van der Waals surface area contributed by atoms with Gasteiger partial charge in [0.15, 0.2) is 0 Å². The van der Waals surface area contributed by atoms with Crippen LogP contribution in [0.5, 0.6) is 0 Å². The van der Waals surface area contributed by atoms with Crippen LogP contribution in [-0.4, -0.2) is 27.7 Å². The summed E-state index contributed by atoms with van der Waals surface area (Å²) in [5.74, 6) is 0.426. The normalized spacial score (nSPS) is 11.0. The molecule has 0 aliphatic rings. The van der Waals surface area contributed by atoms with E-state index in [4.69, 9.17) is 0 Å². The fourth-order valence-electron chi connectivity index (χ4n) is 3.33. The Balaban J connectivity index is 1.37. The highest BCUT2D eigenvalue weighted by Crippen LogP contribution is 2.24. The topological polar surface area (TPSA) is 51.0 Å². The van der Waals surface area contributed by atoms with Crippen LogP contribution in [0.4, 0.5) is 10.2 Å². The van der Waals surface area contributed by atoms with Gasteiger partial charge in [-0.15, -0.1) is 0 Å². The Hall–Kier alpha value is -3.54. The average Bonchev–Trinajstić information content (AvgIpc) is 3.22. The number of halogens is 1. The SMILES string of the molecule is CN(C(=O)CCCn1cc(-c2ccc(F)cc2)cn1)c1nccc2ccccc12. The molecule has 0 N–H and O–H groups in total. The van der Waals surface area contributed by atoms with Crippen LogP contribution >= 0.6 is 0 Å². The minimum absolute atomic E-state index is 0.0137. The molecule has 6 heteroatoms. The second-order valence-electron chi connectivity index (χ2n) is 6.91. The summed E-state index contributed by atoms with van der Waals surface area (Å²) >= 11 is 0. The number of carbonyl (C=O) groups excluding carboxylic acids is 1. The highest BCUT2D eigenvalue weighted by atomic mass is 19.1. The molecule has 4 aromatic rings. The minimum Gasteiger partial charge on any atom is -0.299 e. The van der Waals surface area contributed by atoms with Crippen molar-refractivity contribution in [3.63, 3.8) is 0 Å². The highest BCUT2D eigenvalue weighted by Gasteiger charge is 2.14. The van der Waals surface area contributed by atoms with Gasteiger partial charge in [-0.3, -0.25) is 14.4 Å². The zero-order valence-corrected chi connectivity index (χ0v) is 16.1. The third-order valence-electron chi connectivity index (χ3n) is 4.93. The molecule has 2 heterocycles. The molecule has 0 spiro atoms. The molecule has 0 radical (unpaired) electrons. The van der Waals surface area contributed by atoms with Crippen LogP contribution in [0.25, 0.3) is 21.9 Å². The van der Waals surface area contributed by atoms with E-state index in [0.717, 1.165) is 21.9 Å². The van der Waals surface area contributed by atoms with E-state index < -0.39 is 0 Å².